The van der Waals surface area contributed by atoms with E-state index in [4.69, 9.17) is 0 Å². The second kappa shape index (κ2) is 15.4. The summed E-state index contributed by atoms with van der Waals surface area (Å²) in [5.74, 6) is 0. The van der Waals surface area contributed by atoms with E-state index < -0.39 is 0 Å². The zero-order valence-corrected chi connectivity index (χ0v) is 32.1. The Morgan fingerprint density at radius 1 is 0.549 bits per heavy atom. The Kier molecular flexibility index (Phi) is 10.7. The van der Waals surface area contributed by atoms with E-state index in [0.717, 1.165) is 22.5 Å². The summed E-state index contributed by atoms with van der Waals surface area (Å²) in [7, 11) is 0. The van der Waals surface area contributed by atoms with Gasteiger partial charge in [-0.25, -0.2) is 0 Å². The largest absolute Gasteiger partial charge is 0.305 e. The van der Waals surface area contributed by atoms with E-state index in [1.807, 2.05) is 30.6 Å². The van der Waals surface area contributed by atoms with Crippen LogP contribution in [0.3, 0.4) is 0 Å². The summed E-state index contributed by atoms with van der Waals surface area (Å²) < 4.78 is 0. The minimum Gasteiger partial charge on any atom is -0.305 e. The fourth-order valence-corrected chi connectivity index (χ4v) is 6.38. The molecule has 51 heavy (non-hydrogen) atoms. The maximum atomic E-state index is 4.64. The molecule has 0 saturated heterocycles. The van der Waals surface area contributed by atoms with Crippen LogP contribution in [0.25, 0.3) is 66.3 Å². The third-order valence-electron chi connectivity index (χ3n) is 9.21. The van der Waals surface area contributed by atoms with E-state index in [-0.39, 0.29) is 25.5 Å². The fraction of sp³-hybridized carbons (Fsp3) is 0.125. The molecule has 0 unspecified atom stereocenters. The van der Waals surface area contributed by atoms with Crippen molar-refractivity contribution >= 4 is 21.5 Å². The molecule has 0 N–H and O–H groups in total. The van der Waals surface area contributed by atoms with Crippen molar-refractivity contribution in [3.63, 3.8) is 0 Å². The van der Waals surface area contributed by atoms with Crippen molar-refractivity contribution in [3.05, 3.63) is 181 Å². The zero-order valence-electron chi connectivity index (χ0n) is 29.7. The first-order valence-electron chi connectivity index (χ1n) is 17.1. The number of hydrogen-bond acceptors (Lipinski definition) is 2. The summed E-state index contributed by atoms with van der Waals surface area (Å²) in [6, 6.07) is 55.6. The van der Waals surface area contributed by atoms with E-state index in [1.54, 1.807) is 0 Å². The van der Waals surface area contributed by atoms with Gasteiger partial charge in [-0.05, 0) is 85.2 Å². The summed E-state index contributed by atoms with van der Waals surface area (Å²) in [4.78, 5) is 9.17. The van der Waals surface area contributed by atoms with Crippen LogP contribution in [0.2, 0.25) is 0 Å². The van der Waals surface area contributed by atoms with Crippen molar-refractivity contribution in [2.75, 3.05) is 0 Å². The van der Waals surface area contributed by atoms with Crippen molar-refractivity contribution < 1.29 is 20.1 Å². The number of rotatable bonds is 4. The van der Waals surface area contributed by atoms with Crippen LogP contribution in [-0.2, 0) is 25.5 Å². The average molecular weight is 837 g/mol. The van der Waals surface area contributed by atoms with Crippen molar-refractivity contribution in [2.24, 2.45) is 0 Å². The SMILES string of the molecule is CC(C)(C)c1ccnc(-c2[c-]ccc(-c3cc4ccccc4c4ccccc34)c2)c1.Cc1c[c-]c(-c2cc(-c3ccccc3)c(C)cn2)cc1.[Ir]. The van der Waals surface area contributed by atoms with Gasteiger partial charge in [-0.2, -0.15) is 0 Å². The summed E-state index contributed by atoms with van der Waals surface area (Å²) >= 11 is 0. The molecule has 253 valence electrons. The predicted octanol–water partition coefficient (Wildman–Crippen LogP) is 12.6. The third kappa shape index (κ3) is 7.91. The van der Waals surface area contributed by atoms with E-state index in [0.29, 0.717) is 0 Å². The van der Waals surface area contributed by atoms with Crippen molar-refractivity contribution in [2.45, 2.75) is 40.0 Å². The minimum atomic E-state index is 0. The maximum absolute atomic E-state index is 4.64. The number of fused-ring (bicyclic) bond motifs is 3. The normalized spacial score (nSPS) is 11.1. The number of aromatic nitrogens is 2. The molecule has 0 amide bonds. The number of hydrogen-bond donors (Lipinski definition) is 0. The Labute approximate surface area is 315 Å². The average Bonchev–Trinajstić information content (AvgIpc) is 3.15. The van der Waals surface area contributed by atoms with Gasteiger partial charge < -0.3 is 9.97 Å². The Hall–Kier alpha value is -5.21. The second-order valence-electron chi connectivity index (χ2n) is 13.9. The Morgan fingerprint density at radius 3 is 2.00 bits per heavy atom. The molecule has 2 nitrogen and oxygen atoms in total. The van der Waals surface area contributed by atoms with E-state index >= 15 is 0 Å². The number of aryl methyl sites for hydroxylation is 2. The molecule has 2 aromatic heterocycles. The van der Waals surface area contributed by atoms with Crippen LogP contribution in [0, 0.1) is 26.0 Å². The van der Waals surface area contributed by atoms with Gasteiger partial charge in [0.1, 0.15) is 0 Å². The Morgan fingerprint density at radius 2 is 1.25 bits per heavy atom. The number of benzene rings is 6. The molecule has 6 aromatic carbocycles. The van der Waals surface area contributed by atoms with Crippen LogP contribution in [0.5, 0.6) is 0 Å². The van der Waals surface area contributed by atoms with Gasteiger partial charge in [0.15, 0.2) is 0 Å². The molecule has 0 atom stereocenters. The monoisotopic (exact) mass is 837 g/mol. The topological polar surface area (TPSA) is 25.8 Å². The van der Waals surface area contributed by atoms with Gasteiger partial charge in [0.2, 0.25) is 0 Å². The Bertz CT molecular complexity index is 2420. The maximum Gasteiger partial charge on any atom is 0.0196 e. The van der Waals surface area contributed by atoms with Crippen molar-refractivity contribution in [1.29, 1.82) is 0 Å². The molecule has 8 rings (SSSR count). The van der Waals surface area contributed by atoms with Gasteiger partial charge in [0, 0.05) is 32.5 Å². The number of pyridine rings is 2. The fourth-order valence-electron chi connectivity index (χ4n) is 6.38. The molecule has 0 aliphatic rings. The summed E-state index contributed by atoms with van der Waals surface area (Å²) in [5, 5.41) is 5.10. The molecule has 2 heterocycles. The van der Waals surface area contributed by atoms with Crippen LogP contribution in [-0.4, -0.2) is 9.97 Å². The third-order valence-corrected chi connectivity index (χ3v) is 9.21. The minimum absolute atomic E-state index is 0. The van der Waals surface area contributed by atoms with Gasteiger partial charge >= 0.3 is 0 Å². The zero-order chi connectivity index (χ0) is 34.7. The smallest absolute Gasteiger partial charge is 0.0196 e. The molecule has 3 heteroatoms. The molecular weight excluding hydrogens is 797 g/mol. The van der Waals surface area contributed by atoms with Crippen LogP contribution in [0.1, 0.15) is 37.5 Å². The van der Waals surface area contributed by atoms with Gasteiger partial charge in [0.05, 0.1) is 0 Å². The molecule has 0 aliphatic heterocycles. The van der Waals surface area contributed by atoms with Gasteiger partial charge in [-0.1, -0.05) is 119 Å². The van der Waals surface area contributed by atoms with Gasteiger partial charge in [-0.15, -0.1) is 70.8 Å². The quantitative estimate of drug-likeness (QED) is 0.130. The standard InChI is InChI=1S/C29H24N.C19H16N.Ir/c1-29(2,3)23-15-16-30-28(19-23)22-11-8-10-20(17-22)27-18-21-9-4-5-12-24(21)25-13-6-7-14-26(25)27;1-14-8-10-17(11-9-14)19-12-18(15(2)13-20-19)16-6-4-3-5-7-16;/h4-10,12-19H,1-3H3;3-10,12-13H,1-2H3;/q2*-1;. The van der Waals surface area contributed by atoms with E-state index in [9.17, 15) is 0 Å². The van der Waals surface area contributed by atoms with Crippen LogP contribution >= 0.6 is 0 Å². The molecular formula is C48H40IrN2-2. The predicted molar refractivity (Wildman–Crippen MR) is 211 cm³/mol. The molecule has 8 aromatic rings. The summed E-state index contributed by atoms with van der Waals surface area (Å²) in [6.07, 6.45) is 3.84. The first-order chi connectivity index (χ1) is 24.2. The summed E-state index contributed by atoms with van der Waals surface area (Å²) in [6.45, 7) is 10.9. The van der Waals surface area contributed by atoms with Crippen molar-refractivity contribution in [1.82, 2.24) is 9.97 Å². The van der Waals surface area contributed by atoms with Gasteiger partial charge in [0.25, 0.3) is 0 Å². The van der Waals surface area contributed by atoms with Crippen LogP contribution in [0.15, 0.2) is 152 Å². The van der Waals surface area contributed by atoms with E-state index in [1.165, 1.54) is 60.5 Å². The molecule has 1 radical (unpaired) electrons. The first kappa shape index (κ1) is 35.6. The van der Waals surface area contributed by atoms with Crippen LogP contribution in [0.4, 0.5) is 0 Å². The Balaban J connectivity index is 0.000000186. The second-order valence-corrected chi connectivity index (χ2v) is 13.9. The molecule has 0 bridgehead atoms. The van der Waals surface area contributed by atoms with Crippen LogP contribution < -0.4 is 0 Å². The molecule has 0 fully saturated rings. The number of nitrogens with zero attached hydrogens (tertiary/aromatic N) is 2. The molecule has 0 aliphatic carbocycles. The molecule has 0 saturated carbocycles. The first-order valence-corrected chi connectivity index (χ1v) is 17.1. The van der Waals surface area contributed by atoms with Gasteiger partial charge in [-0.3, -0.25) is 0 Å². The summed E-state index contributed by atoms with van der Waals surface area (Å²) in [5.41, 5.74) is 12.6. The van der Waals surface area contributed by atoms with Crippen molar-refractivity contribution in [3.8, 4) is 44.8 Å². The molecule has 0 spiro atoms. The van der Waals surface area contributed by atoms with E-state index in [2.05, 4.69) is 178 Å².